The fraction of sp³-hybridized carbons (Fsp3) is 0. The maximum atomic E-state index is 11.9. The molecule has 1 amide bonds. The summed E-state index contributed by atoms with van der Waals surface area (Å²) in [6, 6.07) is 10.7. The predicted octanol–water partition coefficient (Wildman–Crippen LogP) is 2.52. The van der Waals surface area contributed by atoms with Gasteiger partial charge in [-0.15, -0.1) is 0 Å². The second kappa shape index (κ2) is 6.21. The van der Waals surface area contributed by atoms with Gasteiger partial charge in [0.05, 0.1) is 11.8 Å². The van der Waals surface area contributed by atoms with Crippen molar-refractivity contribution in [1.29, 1.82) is 5.26 Å². The molecule has 0 radical (unpaired) electrons. The molecule has 0 bridgehead atoms. The van der Waals surface area contributed by atoms with Gasteiger partial charge in [-0.25, -0.2) is 4.79 Å². The smallest absolute Gasteiger partial charge is 0.335 e. The Morgan fingerprint density at radius 1 is 1.24 bits per heavy atom. The van der Waals surface area contributed by atoms with Crippen LogP contribution in [0.4, 0.5) is 5.69 Å². The molecule has 21 heavy (non-hydrogen) atoms. The van der Waals surface area contributed by atoms with Gasteiger partial charge in [0.25, 0.3) is 5.91 Å². The van der Waals surface area contributed by atoms with E-state index in [4.69, 9.17) is 14.8 Å². The molecule has 2 rings (SSSR count). The standard InChI is InChI=1S/C15H10N2O4/c16-9-11(8-13-2-1-7-21-13)14(18)17-12-5-3-10(4-6-12)15(19)20/h1-8H,(H,17,18)(H,19,20)/b11-8-. The van der Waals surface area contributed by atoms with Crippen LogP contribution < -0.4 is 5.32 Å². The van der Waals surface area contributed by atoms with Crippen molar-refractivity contribution in [3.63, 3.8) is 0 Å². The van der Waals surface area contributed by atoms with Crippen molar-refractivity contribution in [1.82, 2.24) is 0 Å². The molecule has 0 spiro atoms. The van der Waals surface area contributed by atoms with E-state index in [0.29, 0.717) is 11.4 Å². The number of carbonyl (C=O) groups is 2. The van der Waals surface area contributed by atoms with Crippen LogP contribution in [0.1, 0.15) is 16.1 Å². The van der Waals surface area contributed by atoms with Gasteiger partial charge in [-0.2, -0.15) is 5.26 Å². The van der Waals surface area contributed by atoms with E-state index in [-0.39, 0.29) is 11.1 Å². The van der Waals surface area contributed by atoms with Crippen LogP contribution in [-0.4, -0.2) is 17.0 Å². The number of hydrogen-bond acceptors (Lipinski definition) is 4. The van der Waals surface area contributed by atoms with Crippen molar-refractivity contribution in [3.8, 4) is 6.07 Å². The Morgan fingerprint density at radius 2 is 1.95 bits per heavy atom. The van der Waals surface area contributed by atoms with E-state index in [1.165, 1.54) is 36.6 Å². The fourth-order valence-electron chi connectivity index (χ4n) is 1.56. The first-order valence-electron chi connectivity index (χ1n) is 5.90. The van der Waals surface area contributed by atoms with Gasteiger partial charge in [-0.05, 0) is 36.4 Å². The molecule has 0 atom stereocenters. The number of amides is 1. The van der Waals surface area contributed by atoms with Crippen LogP contribution in [0.25, 0.3) is 6.08 Å². The molecule has 0 aliphatic rings. The fourth-order valence-corrected chi connectivity index (χ4v) is 1.56. The van der Waals surface area contributed by atoms with Crippen molar-refractivity contribution in [3.05, 3.63) is 59.6 Å². The molecule has 0 unspecified atom stereocenters. The Kier molecular flexibility index (Phi) is 4.17. The summed E-state index contributed by atoms with van der Waals surface area (Å²) in [5.74, 6) is -1.26. The van der Waals surface area contributed by atoms with E-state index >= 15 is 0 Å². The van der Waals surface area contributed by atoms with Crippen LogP contribution in [-0.2, 0) is 4.79 Å². The largest absolute Gasteiger partial charge is 0.478 e. The number of nitrogens with zero attached hydrogens (tertiary/aromatic N) is 1. The van der Waals surface area contributed by atoms with Crippen LogP contribution in [0.5, 0.6) is 0 Å². The van der Waals surface area contributed by atoms with Crippen LogP contribution in [0.2, 0.25) is 0 Å². The number of anilines is 1. The van der Waals surface area contributed by atoms with Crippen molar-refractivity contribution < 1.29 is 19.1 Å². The van der Waals surface area contributed by atoms with E-state index < -0.39 is 11.9 Å². The first-order valence-corrected chi connectivity index (χ1v) is 5.90. The Morgan fingerprint density at radius 3 is 2.48 bits per heavy atom. The average Bonchev–Trinajstić information content (AvgIpc) is 2.98. The summed E-state index contributed by atoms with van der Waals surface area (Å²) in [5, 5.41) is 20.3. The Balaban J connectivity index is 2.13. The Labute approximate surface area is 119 Å². The Hall–Kier alpha value is -3.33. The highest BCUT2D eigenvalue weighted by Crippen LogP contribution is 2.13. The summed E-state index contributed by atoms with van der Waals surface area (Å²) in [5.41, 5.74) is 0.387. The van der Waals surface area contributed by atoms with Gasteiger partial charge >= 0.3 is 5.97 Å². The number of nitrogens with one attached hydrogen (secondary N) is 1. The summed E-state index contributed by atoms with van der Waals surface area (Å²) in [4.78, 5) is 22.6. The van der Waals surface area contributed by atoms with Crippen LogP contribution >= 0.6 is 0 Å². The zero-order chi connectivity index (χ0) is 15.2. The first kappa shape index (κ1) is 14.1. The number of carboxylic acid groups (broad SMARTS) is 1. The number of carboxylic acids is 1. The second-order valence-corrected chi connectivity index (χ2v) is 4.02. The minimum absolute atomic E-state index is 0.111. The third-order valence-corrected chi connectivity index (χ3v) is 2.58. The molecule has 0 fully saturated rings. The van der Waals surface area contributed by atoms with Crippen LogP contribution in [0, 0.1) is 11.3 Å². The summed E-state index contributed by atoms with van der Waals surface area (Å²) >= 11 is 0. The van der Waals surface area contributed by atoms with Crippen molar-refractivity contribution in [2.45, 2.75) is 0 Å². The lowest BCUT2D eigenvalue weighted by Crippen LogP contribution is -2.13. The molecule has 0 aliphatic carbocycles. The molecule has 0 saturated carbocycles. The van der Waals surface area contributed by atoms with E-state index in [9.17, 15) is 9.59 Å². The number of aromatic carboxylic acids is 1. The molecule has 0 aliphatic heterocycles. The normalized spacial score (nSPS) is 10.7. The van der Waals surface area contributed by atoms with Gasteiger partial charge in [0.1, 0.15) is 17.4 Å². The van der Waals surface area contributed by atoms with Crippen LogP contribution in [0.3, 0.4) is 0 Å². The number of benzene rings is 1. The number of hydrogen-bond donors (Lipinski definition) is 2. The van der Waals surface area contributed by atoms with Gasteiger partial charge in [-0.1, -0.05) is 0 Å². The van der Waals surface area contributed by atoms with E-state index in [1.807, 2.05) is 0 Å². The lowest BCUT2D eigenvalue weighted by atomic mass is 10.2. The molecular formula is C15H10N2O4. The summed E-state index contributed by atoms with van der Waals surface area (Å²) in [7, 11) is 0. The van der Waals surface area contributed by atoms with Gasteiger partial charge in [-0.3, -0.25) is 4.79 Å². The molecule has 2 N–H and O–H groups in total. The topological polar surface area (TPSA) is 103 Å². The maximum absolute atomic E-state index is 11.9. The maximum Gasteiger partial charge on any atom is 0.335 e. The molecule has 2 aromatic rings. The van der Waals surface area contributed by atoms with Gasteiger partial charge < -0.3 is 14.8 Å². The zero-order valence-corrected chi connectivity index (χ0v) is 10.7. The number of rotatable bonds is 4. The van der Waals surface area contributed by atoms with Crippen molar-refractivity contribution in [2.75, 3.05) is 5.32 Å². The highest BCUT2D eigenvalue weighted by Gasteiger charge is 2.10. The lowest BCUT2D eigenvalue weighted by molar-refractivity contribution is -0.112. The molecule has 1 aromatic heterocycles. The molecule has 6 heteroatoms. The highest BCUT2D eigenvalue weighted by atomic mass is 16.4. The SMILES string of the molecule is N#C/C(=C/c1ccco1)C(=O)Nc1ccc(C(=O)O)cc1. The summed E-state index contributed by atoms with van der Waals surface area (Å²) in [6.45, 7) is 0. The molecule has 1 aromatic carbocycles. The first-order chi connectivity index (χ1) is 10.1. The van der Waals surface area contributed by atoms with Gasteiger partial charge in [0, 0.05) is 11.8 Å². The molecule has 1 heterocycles. The molecule has 0 saturated heterocycles. The van der Waals surface area contributed by atoms with Gasteiger partial charge in [0.15, 0.2) is 0 Å². The monoisotopic (exact) mass is 282 g/mol. The zero-order valence-electron chi connectivity index (χ0n) is 10.7. The second-order valence-electron chi connectivity index (χ2n) is 4.02. The highest BCUT2D eigenvalue weighted by molar-refractivity contribution is 6.09. The molecule has 104 valence electrons. The number of furan rings is 1. The average molecular weight is 282 g/mol. The van der Waals surface area contributed by atoms with Crippen molar-refractivity contribution >= 4 is 23.6 Å². The molecular weight excluding hydrogens is 272 g/mol. The lowest BCUT2D eigenvalue weighted by Gasteiger charge is -2.04. The predicted molar refractivity (Wildman–Crippen MR) is 74.3 cm³/mol. The number of carbonyl (C=O) groups excluding carboxylic acids is 1. The number of nitriles is 1. The summed E-state index contributed by atoms with van der Waals surface area (Å²) in [6.07, 6.45) is 2.75. The Bertz CT molecular complexity index is 722. The third-order valence-electron chi connectivity index (χ3n) is 2.58. The van der Waals surface area contributed by atoms with Crippen molar-refractivity contribution in [2.24, 2.45) is 0 Å². The van der Waals surface area contributed by atoms with E-state index in [0.717, 1.165) is 0 Å². The van der Waals surface area contributed by atoms with Gasteiger partial charge in [0.2, 0.25) is 0 Å². The minimum atomic E-state index is -1.05. The molecule has 6 nitrogen and oxygen atoms in total. The van der Waals surface area contributed by atoms with E-state index in [2.05, 4.69) is 5.32 Å². The van der Waals surface area contributed by atoms with Crippen LogP contribution in [0.15, 0.2) is 52.7 Å². The third kappa shape index (κ3) is 3.58. The summed E-state index contributed by atoms with van der Waals surface area (Å²) < 4.78 is 5.04. The van der Waals surface area contributed by atoms with E-state index in [1.54, 1.807) is 18.2 Å². The quantitative estimate of drug-likeness (QED) is 0.662. The minimum Gasteiger partial charge on any atom is -0.478 e.